The topological polar surface area (TPSA) is 184 Å². The van der Waals surface area contributed by atoms with Crippen molar-refractivity contribution in [1.29, 1.82) is 0 Å². The average Bonchev–Trinajstić information content (AvgIpc) is 3.86. The van der Waals surface area contributed by atoms with Crippen LogP contribution in [0.4, 0.5) is 0 Å². The van der Waals surface area contributed by atoms with Crippen molar-refractivity contribution in [2.75, 3.05) is 113 Å². The van der Waals surface area contributed by atoms with Gasteiger partial charge in [0.25, 0.3) is 5.91 Å². The van der Waals surface area contributed by atoms with Gasteiger partial charge in [-0.15, -0.1) is 21.5 Å². The number of aryl methyl sites for hydroxylation is 4. The first kappa shape index (κ1) is 54.9. The van der Waals surface area contributed by atoms with Gasteiger partial charge < -0.3 is 53.3 Å². The van der Waals surface area contributed by atoms with Crippen molar-refractivity contribution in [3.8, 4) is 22.2 Å². The van der Waals surface area contributed by atoms with Crippen LogP contribution in [0.15, 0.2) is 71.7 Å². The van der Waals surface area contributed by atoms with Crippen molar-refractivity contribution >= 4 is 40.5 Å². The van der Waals surface area contributed by atoms with E-state index in [-0.39, 0.29) is 24.8 Å². The molecule has 1 atom stereocenters. The molecule has 0 saturated carbocycles. The summed E-state index contributed by atoms with van der Waals surface area (Å²) >= 11 is 7.90. The maximum Gasteiger partial charge on any atom is 0.258 e. The van der Waals surface area contributed by atoms with E-state index in [2.05, 4.69) is 46.8 Å². The maximum atomic E-state index is 13.2. The Bertz CT molecular complexity index is 2460. The Morgan fingerprint density at radius 1 is 0.676 bits per heavy atom. The Morgan fingerprint density at radius 2 is 1.25 bits per heavy atom. The number of aromatic nitrogens is 3. The second kappa shape index (κ2) is 29.8. The Morgan fingerprint density at radius 3 is 1.86 bits per heavy atom. The number of carbonyl (C=O) groups is 2. The van der Waals surface area contributed by atoms with Crippen molar-refractivity contribution in [2.45, 2.75) is 52.5 Å². The summed E-state index contributed by atoms with van der Waals surface area (Å²) in [6.07, 6.45) is 2.84. The molecule has 0 bridgehead atoms. The lowest BCUT2D eigenvalue weighted by Crippen LogP contribution is -2.31. The van der Waals surface area contributed by atoms with Crippen LogP contribution in [-0.4, -0.2) is 145 Å². The molecule has 3 heterocycles. The molecule has 2 N–H and O–H groups in total. The zero-order valence-corrected chi connectivity index (χ0v) is 43.0. The summed E-state index contributed by atoms with van der Waals surface area (Å²) in [6, 6.07) is 20.9. The fourth-order valence-corrected chi connectivity index (χ4v) is 8.97. The van der Waals surface area contributed by atoms with E-state index in [0.717, 1.165) is 69.6 Å². The number of carbonyl (C=O) groups excluding carboxylic acids is 2. The fourth-order valence-electron chi connectivity index (χ4n) is 7.63. The lowest BCUT2D eigenvalue weighted by atomic mass is 9.99. The molecule has 0 radical (unpaired) electrons. The summed E-state index contributed by atoms with van der Waals surface area (Å²) < 4.78 is 52.0. The van der Waals surface area contributed by atoms with Gasteiger partial charge in [0.15, 0.2) is 23.9 Å². The number of hydrogen-bond acceptors (Lipinski definition) is 15. The molecule has 5 aromatic rings. The molecule has 0 unspecified atom stereocenters. The Balaban J connectivity index is 0.707. The van der Waals surface area contributed by atoms with Gasteiger partial charge in [-0.25, -0.2) is 0 Å². The number of rotatable bonds is 33. The molecule has 1 aliphatic rings. The molecule has 0 fully saturated rings. The number of halogens is 1. The van der Waals surface area contributed by atoms with E-state index in [4.69, 9.17) is 59.2 Å². The molecule has 0 aliphatic carbocycles. The van der Waals surface area contributed by atoms with E-state index in [9.17, 15) is 9.59 Å². The average molecular weight is 1020 g/mol. The minimum absolute atomic E-state index is 0.0728. The Kier molecular flexibility index (Phi) is 23.0. The molecule has 6 rings (SSSR count). The normalized spacial score (nSPS) is 13.0. The van der Waals surface area contributed by atoms with Crippen LogP contribution >= 0.6 is 22.9 Å². The van der Waals surface area contributed by atoms with Crippen LogP contribution in [-0.2, 0) is 50.9 Å². The lowest BCUT2D eigenvalue weighted by Gasteiger charge is -2.13. The third-order valence-electron chi connectivity index (χ3n) is 11.4. The monoisotopic (exact) mass is 1020 g/mol. The summed E-state index contributed by atoms with van der Waals surface area (Å²) in [6.45, 7) is 11.7. The van der Waals surface area contributed by atoms with Gasteiger partial charge in [0, 0.05) is 34.1 Å². The van der Waals surface area contributed by atoms with Crippen LogP contribution in [0.5, 0.6) is 17.2 Å². The first-order valence-corrected chi connectivity index (χ1v) is 25.1. The summed E-state index contributed by atoms with van der Waals surface area (Å²) in [7, 11) is 3.27. The highest BCUT2D eigenvalue weighted by molar-refractivity contribution is 7.15. The Hall–Kier alpha value is -5.44. The Labute approximate surface area is 425 Å². The molecule has 2 aromatic heterocycles. The molecule has 2 amide bonds. The SMILES string of the molecule is COc1ccc(CCCc2cccc(OCC(=O)NCCOCCOCCOCCOCCOCCOCCNC(=O)C[C@@H]3N=C(c4ccc(Cl)cc4)c4c(sc(C)c4C)-n4c(C)nnc43)c2)cc1OC. The third kappa shape index (κ3) is 17.4. The van der Waals surface area contributed by atoms with Crippen LogP contribution in [0.25, 0.3) is 5.00 Å². The van der Waals surface area contributed by atoms with Crippen LogP contribution < -0.4 is 24.8 Å². The van der Waals surface area contributed by atoms with Gasteiger partial charge in [-0.1, -0.05) is 41.9 Å². The number of hydrogen-bond donors (Lipinski definition) is 2. The van der Waals surface area contributed by atoms with Crippen LogP contribution in [0.2, 0.25) is 5.02 Å². The molecular weight excluding hydrogens is 952 g/mol. The van der Waals surface area contributed by atoms with Gasteiger partial charge >= 0.3 is 0 Å². The smallest absolute Gasteiger partial charge is 0.258 e. The number of nitrogens with one attached hydrogen (secondary N) is 2. The van der Waals surface area contributed by atoms with E-state index in [1.807, 2.05) is 66.1 Å². The molecule has 0 saturated heterocycles. The highest BCUT2D eigenvalue weighted by atomic mass is 35.5. The van der Waals surface area contributed by atoms with Gasteiger partial charge in [0.05, 0.1) is 106 Å². The molecular formula is C52H67ClN6O11S. The predicted octanol–water partition coefficient (Wildman–Crippen LogP) is 6.79. The first-order chi connectivity index (χ1) is 34.6. The second-order valence-electron chi connectivity index (χ2n) is 16.5. The third-order valence-corrected chi connectivity index (χ3v) is 12.8. The van der Waals surface area contributed by atoms with Gasteiger partial charge in [0.2, 0.25) is 5.91 Å². The standard InChI is InChI=1S/C52H67ClN6O11S/c1-36-37(2)71-52-49(36)50(41-13-15-42(53)16-14-41)56-44(51-58-57-38(3)59(51)52)34-47(60)54-18-20-64-22-24-66-26-28-68-30-31-69-29-27-67-25-23-65-21-19-55-48(61)35-70-43-11-7-10-39(32-43)8-6-9-40-12-17-45(62-4)46(33-40)63-5/h7,10-17,32-33,44H,6,8-9,18-31,34-35H2,1-5H3,(H,54,60)(H,55,61)/t44-/m0/s1. The summed E-state index contributed by atoms with van der Waals surface area (Å²) in [5.41, 5.74) is 6.20. The first-order valence-electron chi connectivity index (χ1n) is 23.9. The summed E-state index contributed by atoms with van der Waals surface area (Å²) in [5.74, 6) is 3.10. The van der Waals surface area contributed by atoms with Crippen molar-refractivity contribution < 1.29 is 52.2 Å². The number of thiophene rings is 1. The van der Waals surface area contributed by atoms with Gasteiger partial charge in [0.1, 0.15) is 22.6 Å². The number of ether oxygens (including phenoxy) is 9. The summed E-state index contributed by atoms with van der Waals surface area (Å²) in [4.78, 5) is 31.8. The quantitative estimate of drug-likeness (QED) is 0.0419. The van der Waals surface area contributed by atoms with Crippen LogP contribution in [0, 0.1) is 20.8 Å². The highest BCUT2D eigenvalue weighted by Gasteiger charge is 2.32. The van der Waals surface area contributed by atoms with E-state index in [0.29, 0.717) is 109 Å². The maximum absolute atomic E-state index is 13.2. The van der Waals surface area contributed by atoms with E-state index >= 15 is 0 Å². The molecule has 71 heavy (non-hydrogen) atoms. The number of benzene rings is 3. The molecule has 1 aliphatic heterocycles. The number of nitrogens with zero attached hydrogens (tertiary/aromatic N) is 4. The summed E-state index contributed by atoms with van der Waals surface area (Å²) in [5, 5.41) is 16.2. The highest BCUT2D eigenvalue weighted by Crippen LogP contribution is 2.39. The van der Waals surface area contributed by atoms with Gasteiger partial charge in [-0.05, 0) is 93.1 Å². The van der Waals surface area contributed by atoms with E-state index in [1.54, 1.807) is 25.6 Å². The number of aliphatic imine (C=N–C) groups is 1. The molecule has 3 aromatic carbocycles. The van der Waals surface area contributed by atoms with Gasteiger partial charge in [-0.2, -0.15) is 0 Å². The largest absolute Gasteiger partial charge is 0.493 e. The number of methoxy groups -OCH3 is 2. The predicted molar refractivity (Wildman–Crippen MR) is 272 cm³/mol. The van der Waals surface area contributed by atoms with Crippen molar-refractivity contribution in [3.05, 3.63) is 116 Å². The number of amides is 2. The number of fused-ring (bicyclic) bond motifs is 3. The van der Waals surface area contributed by atoms with E-state index < -0.39 is 6.04 Å². The van der Waals surface area contributed by atoms with Crippen LogP contribution in [0.3, 0.4) is 0 Å². The molecule has 17 nitrogen and oxygen atoms in total. The zero-order valence-electron chi connectivity index (χ0n) is 41.4. The second-order valence-corrected chi connectivity index (χ2v) is 18.1. The zero-order chi connectivity index (χ0) is 50.2. The lowest BCUT2D eigenvalue weighted by molar-refractivity contribution is -0.123. The molecule has 384 valence electrons. The fraction of sp³-hybridized carbons (Fsp3) is 0.481. The van der Waals surface area contributed by atoms with E-state index in [1.165, 1.54) is 10.4 Å². The minimum Gasteiger partial charge on any atom is -0.493 e. The van der Waals surface area contributed by atoms with Crippen LogP contribution in [0.1, 0.15) is 63.2 Å². The van der Waals surface area contributed by atoms with Gasteiger partial charge in [-0.3, -0.25) is 19.1 Å². The molecule has 19 heteroatoms. The minimum atomic E-state index is -0.542. The van der Waals surface area contributed by atoms with Crippen molar-refractivity contribution in [1.82, 2.24) is 25.4 Å². The van der Waals surface area contributed by atoms with Crippen molar-refractivity contribution in [2.24, 2.45) is 4.99 Å². The van der Waals surface area contributed by atoms with Crippen molar-refractivity contribution in [3.63, 3.8) is 0 Å². The molecule has 0 spiro atoms.